The van der Waals surface area contributed by atoms with Crippen molar-refractivity contribution in [2.45, 2.75) is 4.90 Å². The van der Waals surface area contributed by atoms with Gasteiger partial charge >= 0.3 is 0 Å². The molecule has 0 saturated heterocycles. The molecule has 8 heteroatoms. The second-order valence-corrected chi connectivity index (χ2v) is 7.29. The van der Waals surface area contributed by atoms with Gasteiger partial charge in [0.05, 0.1) is 15.1 Å². The van der Waals surface area contributed by atoms with Gasteiger partial charge in [0.1, 0.15) is 5.69 Å². The van der Waals surface area contributed by atoms with Crippen molar-refractivity contribution in [3.8, 4) is 0 Å². The van der Waals surface area contributed by atoms with Crippen molar-refractivity contribution < 1.29 is 13.2 Å². The zero-order chi connectivity index (χ0) is 15.9. The van der Waals surface area contributed by atoms with E-state index in [0.717, 1.165) is 10.2 Å². The number of rotatable bonds is 3. The van der Waals surface area contributed by atoms with Gasteiger partial charge in [0, 0.05) is 12.7 Å². The highest BCUT2D eigenvalue weighted by Crippen LogP contribution is 2.24. The molecule has 3 N–H and O–H groups in total. The highest BCUT2D eigenvalue weighted by atomic mass is 32.2. The number of hydrogen-bond acceptors (Lipinski definition) is 4. The van der Waals surface area contributed by atoms with Crippen LogP contribution in [0.3, 0.4) is 0 Å². The van der Waals surface area contributed by atoms with Gasteiger partial charge in [0.2, 0.25) is 10.0 Å². The minimum absolute atomic E-state index is 0.00452. The maximum atomic E-state index is 12.3. The summed E-state index contributed by atoms with van der Waals surface area (Å²) in [5.74, 6) is -0.255. The number of nitrogens with one attached hydrogen (secondary N) is 1. The quantitative estimate of drug-likeness (QED) is 0.768. The first-order valence-electron chi connectivity index (χ1n) is 6.33. The number of hydrogen-bond donors (Lipinski definition) is 2. The maximum absolute atomic E-state index is 12.3. The predicted molar refractivity (Wildman–Crippen MR) is 86.6 cm³/mol. The molecule has 22 heavy (non-hydrogen) atoms. The topological polar surface area (TPSA) is 94.2 Å². The lowest BCUT2D eigenvalue weighted by molar-refractivity contribution is 0.101. The van der Waals surface area contributed by atoms with E-state index in [0.29, 0.717) is 11.4 Å². The SMILES string of the molecule is Cn1c(C(=O)Nc2ccc(S(N)(=O)=O)cc2)cc2sccc21. The van der Waals surface area contributed by atoms with Crippen molar-refractivity contribution >= 4 is 43.2 Å². The van der Waals surface area contributed by atoms with Crippen LogP contribution in [0.15, 0.2) is 46.7 Å². The zero-order valence-electron chi connectivity index (χ0n) is 11.6. The van der Waals surface area contributed by atoms with Crippen LogP contribution in [0, 0.1) is 0 Å². The molecular weight excluding hydrogens is 322 g/mol. The number of anilines is 1. The number of fused-ring (bicyclic) bond motifs is 1. The largest absolute Gasteiger partial charge is 0.339 e. The van der Waals surface area contributed by atoms with E-state index < -0.39 is 10.0 Å². The number of sulfonamides is 1. The van der Waals surface area contributed by atoms with Crippen LogP contribution in [0.4, 0.5) is 5.69 Å². The lowest BCUT2D eigenvalue weighted by atomic mass is 10.3. The number of carbonyl (C=O) groups is 1. The molecule has 1 aromatic carbocycles. The number of amides is 1. The molecule has 3 rings (SSSR count). The van der Waals surface area contributed by atoms with Crippen LogP contribution < -0.4 is 10.5 Å². The van der Waals surface area contributed by atoms with Gasteiger partial charge in [-0.2, -0.15) is 0 Å². The molecule has 2 heterocycles. The molecule has 6 nitrogen and oxygen atoms in total. The number of nitrogens with zero attached hydrogens (tertiary/aromatic N) is 1. The molecule has 3 aromatic rings. The maximum Gasteiger partial charge on any atom is 0.272 e. The Labute approximate surface area is 131 Å². The van der Waals surface area contributed by atoms with Crippen molar-refractivity contribution in [1.29, 1.82) is 0 Å². The third-order valence-electron chi connectivity index (χ3n) is 3.34. The number of carbonyl (C=O) groups excluding carboxylic acids is 1. The summed E-state index contributed by atoms with van der Waals surface area (Å²) >= 11 is 1.57. The van der Waals surface area contributed by atoms with Crippen LogP contribution >= 0.6 is 11.3 Å². The smallest absolute Gasteiger partial charge is 0.272 e. The minimum Gasteiger partial charge on any atom is -0.339 e. The van der Waals surface area contributed by atoms with Gasteiger partial charge < -0.3 is 9.88 Å². The van der Waals surface area contributed by atoms with Gasteiger partial charge in [-0.15, -0.1) is 11.3 Å². The third-order valence-corrected chi connectivity index (χ3v) is 5.12. The Hall–Kier alpha value is -2.16. The average Bonchev–Trinajstić information content (AvgIpc) is 3.02. The first-order valence-corrected chi connectivity index (χ1v) is 8.76. The molecule has 0 fully saturated rings. The van der Waals surface area contributed by atoms with Crippen LogP contribution in [0.2, 0.25) is 0 Å². The van der Waals surface area contributed by atoms with Crippen molar-refractivity contribution in [2.24, 2.45) is 12.2 Å². The Morgan fingerprint density at radius 3 is 2.50 bits per heavy atom. The summed E-state index contributed by atoms with van der Waals surface area (Å²) in [6, 6.07) is 9.50. The number of aromatic nitrogens is 1. The highest BCUT2D eigenvalue weighted by molar-refractivity contribution is 7.89. The summed E-state index contributed by atoms with van der Waals surface area (Å²) in [5.41, 5.74) is 2.04. The summed E-state index contributed by atoms with van der Waals surface area (Å²) in [5, 5.41) is 9.74. The molecule has 2 aromatic heterocycles. The molecule has 0 aliphatic rings. The summed E-state index contributed by atoms with van der Waals surface area (Å²) in [7, 11) is -1.90. The van der Waals surface area contributed by atoms with E-state index in [1.54, 1.807) is 11.3 Å². The van der Waals surface area contributed by atoms with E-state index in [2.05, 4.69) is 5.32 Å². The van der Waals surface area contributed by atoms with E-state index in [1.165, 1.54) is 24.3 Å². The van der Waals surface area contributed by atoms with Crippen molar-refractivity contribution in [2.75, 3.05) is 5.32 Å². The van der Waals surface area contributed by atoms with Crippen LogP contribution in [0.1, 0.15) is 10.5 Å². The first kappa shape index (κ1) is 14.8. The zero-order valence-corrected chi connectivity index (χ0v) is 13.2. The van der Waals surface area contributed by atoms with Gasteiger partial charge in [-0.25, -0.2) is 13.6 Å². The number of thiophene rings is 1. The van der Waals surface area contributed by atoms with E-state index in [-0.39, 0.29) is 10.8 Å². The van der Waals surface area contributed by atoms with Gasteiger partial charge in [0.15, 0.2) is 0 Å². The Bertz CT molecular complexity index is 953. The second-order valence-electron chi connectivity index (χ2n) is 4.78. The fourth-order valence-corrected chi connectivity index (χ4v) is 3.56. The monoisotopic (exact) mass is 335 g/mol. The van der Waals surface area contributed by atoms with Crippen LogP contribution in [0.25, 0.3) is 10.2 Å². The molecule has 0 radical (unpaired) electrons. The number of benzene rings is 1. The predicted octanol–water partition coefficient (Wildman–Crippen LogP) is 2.14. The number of primary sulfonamides is 1. The average molecular weight is 335 g/mol. The molecule has 0 bridgehead atoms. The van der Waals surface area contributed by atoms with Gasteiger partial charge in [-0.05, 0) is 41.8 Å². The summed E-state index contributed by atoms with van der Waals surface area (Å²) < 4.78 is 25.2. The second kappa shape index (κ2) is 5.24. The Morgan fingerprint density at radius 1 is 1.23 bits per heavy atom. The first-order chi connectivity index (χ1) is 10.4. The van der Waals surface area contributed by atoms with Crippen LogP contribution in [-0.2, 0) is 17.1 Å². The Morgan fingerprint density at radius 2 is 1.91 bits per heavy atom. The van der Waals surface area contributed by atoms with Gasteiger partial charge in [-0.1, -0.05) is 0 Å². The van der Waals surface area contributed by atoms with E-state index in [9.17, 15) is 13.2 Å². The van der Waals surface area contributed by atoms with Crippen LogP contribution in [0.5, 0.6) is 0 Å². The molecule has 0 aliphatic heterocycles. The van der Waals surface area contributed by atoms with Crippen molar-refractivity contribution in [1.82, 2.24) is 4.57 Å². The summed E-state index contributed by atoms with van der Waals surface area (Å²) in [6.07, 6.45) is 0. The molecule has 0 atom stereocenters. The molecule has 0 aliphatic carbocycles. The minimum atomic E-state index is -3.73. The third kappa shape index (κ3) is 2.63. The standard InChI is InChI=1S/C14H13N3O3S2/c1-17-11-6-7-21-13(11)8-12(17)14(18)16-9-2-4-10(5-3-9)22(15,19)20/h2-8H,1H3,(H,16,18)(H2,15,19,20). The van der Waals surface area contributed by atoms with Gasteiger partial charge in [-0.3, -0.25) is 4.79 Å². The highest BCUT2D eigenvalue weighted by Gasteiger charge is 2.14. The molecular formula is C14H13N3O3S2. The van der Waals surface area contributed by atoms with Crippen molar-refractivity contribution in [3.63, 3.8) is 0 Å². The van der Waals surface area contributed by atoms with Crippen LogP contribution in [-0.4, -0.2) is 18.9 Å². The number of aryl methyl sites for hydroxylation is 1. The Kier molecular flexibility index (Phi) is 3.51. The van der Waals surface area contributed by atoms with Crippen molar-refractivity contribution in [3.05, 3.63) is 47.5 Å². The lowest BCUT2D eigenvalue weighted by Gasteiger charge is -2.07. The van der Waals surface area contributed by atoms with E-state index in [4.69, 9.17) is 5.14 Å². The normalized spacial score (nSPS) is 11.7. The molecule has 0 spiro atoms. The van der Waals surface area contributed by atoms with Gasteiger partial charge in [0.25, 0.3) is 5.91 Å². The Balaban J connectivity index is 1.85. The lowest BCUT2D eigenvalue weighted by Crippen LogP contribution is -2.16. The summed E-state index contributed by atoms with van der Waals surface area (Å²) in [4.78, 5) is 12.3. The molecule has 1 amide bonds. The fourth-order valence-electron chi connectivity index (χ4n) is 2.19. The molecule has 0 unspecified atom stereocenters. The van der Waals surface area contributed by atoms with E-state index >= 15 is 0 Å². The summed E-state index contributed by atoms with van der Waals surface area (Å²) in [6.45, 7) is 0. The number of nitrogens with two attached hydrogens (primary N) is 1. The fraction of sp³-hybridized carbons (Fsp3) is 0.0714. The molecule has 114 valence electrons. The van der Waals surface area contributed by atoms with E-state index in [1.807, 2.05) is 29.1 Å². The molecule has 0 saturated carbocycles.